The summed E-state index contributed by atoms with van der Waals surface area (Å²) in [4.78, 5) is 0. The van der Waals surface area contributed by atoms with Gasteiger partial charge in [-0.15, -0.1) is 0 Å². The van der Waals surface area contributed by atoms with Crippen molar-refractivity contribution >= 4 is 0 Å². The van der Waals surface area contributed by atoms with E-state index in [1.165, 1.54) is 0 Å². The van der Waals surface area contributed by atoms with Crippen LogP contribution in [0.25, 0.3) is 0 Å². The van der Waals surface area contributed by atoms with Crippen LogP contribution in [-0.2, 0) is 5.41 Å². The van der Waals surface area contributed by atoms with Gasteiger partial charge in [0.1, 0.15) is 11.5 Å². The Morgan fingerprint density at radius 2 is 1.35 bits per heavy atom. The summed E-state index contributed by atoms with van der Waals surface area (Å²) in [7, 11) is 0. The van der Waals surface area contributed by atoms with Crippen LogP contribution in [0.15, 0.2) is 60.7 Å². The van der Waals surface area contributed by atoms with E-state index >= 15 is 0 Å². The molecule has 0 saturated carbocycles. The van der Waals surface area contributed by atoms with E-state index in [1.807, 2.05) is 26.0 Å². The van der Waals surface area contributed by atoms with Crippen molar-refractivity contribution in [1.82, 2.24) is 0 Å². The number of rotatable bonds is 2. The standard InChI is InChI=1S/C21H22O2/c1-14-12-17(7-9-19(14)22)21(11-5-4-6-16(21)3)18-8-10-20(23)15(2)13-18/h4-13,16,22-23H,1-3H3. The third kappa shape index (κ3) is 2.44. The Bertz CT molecular complexity index is 748. The Morgan fingerprint density at radius 3 is 1.78 bits per heavy atom. The van der Waals surface area contributed by atoms with Crippen LogP contribution in [0.1, 0.15) is 29.2 Å². The highest BCUT2D eigenvalue weighted by Crippen LogP contribution is 2.45. The Kier molecular flexibility index (Phi) is 3.77. The number of hydrogen-bond acceptors (Lipinski definition) is 2. The number of aryl methyl sites for hydroxylation is 2. The Morgan fingerprint density at radius 1 is 0.826 bits per heavy atom. The van der Waals surface area contributed by atoms with Gasteiger partial charge in [-0.05, 0) is 54.2 Å². The summed E-state index contributed by atoms with van der Waals surface area (Å²) < 4.78 is 0. The highest BCUT2D eigenvalue weighted by atomic mass is 16.3. The molecule has 2 nitrogen and oxygen atoms in total. The summed E-state index contributed by atoms with van der Waals surface area (Å²) in [5.74, 6) is 0.892. The first-order chi connectivity index (χ1) is 10.9. The van der Waals surface area contributed by atoms with E-state index < -0.39 is 0 Å². The largest absolute Gasteiger partial charge is 0.508 e. The highest BCUT2D eigenvalue weighted by molar-refractivity contribution is 5.53. The van der Waals surface area contributed by atoms with Gasteiger partial charge in [0.2, 0.25) is 0 Å². The molecule has 2 N–H and O–H groups in total. The number of hydrogen-bond donors (Lipinski definition) is 2. The summed E-state index contributed by atoms with van der Waals surface area (Å²) in [6.07, 6.45) is 8.56. The van der Waals surface area contributed by atoms with Gasteiger partial charge in [0, 0.05) is 5.41 Å². The first kappa shape index (κ1) is 15.4. The van der Waals surface area contributed by atoms with Gasteiger partial charge in [0.05, 0.1) is 0 Å². The SMILES string of the molecule is Cc1cc(C2(c3ccc(O)c(C)c3)C=CC=CC2C)ccc1O. The zero-order valence-electron chi connectivity index (χ0n) is 13.7. The predicted molar refractivity (Wildman–Crippen MR) is 93.9 cm³/mol. The molecule has 0 heterocycles. The normalized spacial score (nSPS) is 19.0. The van der Waals surface area contributed by atoms with Crippen molar-refractivity contribution in [2.45, 2.75) is 26.2 Å². The molecule has 0 aliphatic heterocycles. The average molecular weight is 306 g/mol. The number of allylic oxidation sites excluding steroid dienone is 4. The van der Waals surface area contributed by atoms with Crippen LogP contribution >= 0.6 is 0 Å². The molecule has 1 aliphatic rings. The predicted octanol–water partition coefficient (Wildman–Crippen LogP) is 4.76. The molecular formula is C21H22O2. The maximum atomic E-state index is 9.88. The van der Waals surface area contributed by atoms with Crippen molar-refractivity contribution in [1.29, 1.82) is 0 Å². The minimum absolute atomic E-state index is 0.264. The summed E-state index contributed by atoms with van der Waals surface area (Å²) >= 11 is 0. The molecule has 2 heteroatoms. The van der Waals surface area contributed by atoms with Crippen LogP contribution in [0, 0.1) is 19.8 Å². The molecule has 1 unspecified atom stereocenters. The molecule has 0 saturated heterocycles. The van der Waals surface area contributed by atoms with Crippen molar-refractivity contribution < 1.29 is 10.2 Å². The second-order valence-corrected chi connectivity index (χ2v) is 6.40. The van der Waals surface area contributed by atoms with E-state index in [9.17, 15) is 10.2 Å². The van der Waals surface area contributed by atoms with E-state index in [4.69, 9.17) is 0 Å². The van der Waals surface area contributed by atoms with Crippen LogP contribution in [0.3, 0.4) is 0 Å². The van der Waals surface area contributed by atoms with Crippen LogP contribution in [-0.4, -0.2) is 10.2 Å². The fraction of sp³-hybridized carbons (Fsp3) is 0.238. The lowest BCUT2D eigenvalue weighted by Gasteiger charge is -2.38. The molecule has 0 spiro atoms. The van der Waals surface area contributed by atoms with E-state index in [0.717, 1.165) is 22.3 Å². The van der Waals surface area contributed by atoms with Crippen LogP contribution in [0.5, 0.6) is 11.5 Å². The lowest BCUT2D eigenvalue weighted by molar-refractivity contribution is 0.462. The molecule has 118 valence electrons. The minimum Gasteiger partial charge on any atom is -0.508 e. The molecule has 3 rings (SSSR count). The zero-order chi connectivity index (χ0) is 16.6. The zero-order valence-corrected chi connectivity index (χ0v) is 13.7. The minimum atomic E-state index is -0.300. The molecule has 2 aromatic rings. The molecule has 0 aromatic heterocycles. The van der Waals surface area contributed by atoms with E-state index in [1.54, 1.807) is 12.1 Å². The van der Waals surface area contributed by atoms with Gasteiger partial charge in [-0.2, -0.15) is 0 Å². The highest BCUT2D eigenvalue weighted by Gasteiger charge is 2.37. The van der Waals surface area contributed by atoms with Crippen LogP contribution in [0.2, 0.25) is 0 Å². The molecule has 1 atom stereocenters. The molecule has 0 fully saturated rings. The summed E-state index contributed by atoms with van der Waals surface area (Å²) in [5, 5.41) is 19.8. The second-order valence-electron chi connectivity index (χ2n) is 6.40. The first-order valence-corrected chi connectivity index (χ1v) is 7.91. The first-order valence-electron chi connectivity index (χ1n) is 7.91. The number of phenolic OH excluding ortho intramolecular Hbond substituents is 2. The molecule has 0 amide bonds. The molecule has 0 bridgehead atoms. The van der Waals surface area contributed by atoms with Crippen molar-refractivity contribution in [3.05, 3.63) is 83.0 Å². The third-order valence-corrected chi connectivity index (χ3v) is 4.94. The molecule has 0 radical (unpaired) electrons. The van der Waals surface area contributed by atoms with Gasteiger partial charge in [0.15, 0.2) is 0 Å². The fourth-order valence-corrected chi connectivity index (χ4v) is 3.45. The van der Waals surface area contributed by atoms with Gasteiger partial charge in [-0.3, -0.25) is 0 Å². The maximum Gasteiger partial charge on any atom is 0.118 e. The quantitative estimate of drug-likeness (QED) is 0.839. The molecular weight excluding hydrogens is 284 g/mol. The molecule has 1 aliphatic carbocycles. The third-order valence-electron chi connectivity index (χ3n) is 4.94. The van der Waals surface area contributed by atoms with Gasteiger partial charge in [-0.1, -0.05) is 55.5 Å². The van der Waals surface area contributed by atoms with Crippen molar-refractivity contribution in [2.24, 2.45) is 5.92 Å². The maximum absolute atomic E-state index is 9.88. The van der Waals surface area contributed by atoms with Gasteiger partial charge in [-0.25, -0.2) is 0 Å². The van der Waals surface area contributed by atoms with Crippen LogP contribution in [0.4, 0.5) is 0 Å². The summed E-state index contributed by atoms with van der Waals surface area (Å²) in [6.45, 7) is 6.04. The van der Waals surface area contributed by atoms with E-state index in [-0.39, 0.29) is 11.3 Å². The summed E-state index contributed by atoms with van der Waals surface area (Å²) in [5.41, 5.74) is 3.73. The smallest absolute Gasteiger partial charge is 0.118 e. The Labute approximate surface area is 137 Å². The van der Waals surface area contributed by atoms with E-state index in [2.05, 4.69) is 43.4 Å². The fourth-order valence-electron chi connectivity index (χ4n) is 3.45. The second kappa shape index (κ2) is 5.62. The number of aromatic hydroxyl groups is 2. The van der Waals surface area contributed by atoms with Gasteiger partial charge in [0.25, 0.3) is 0 Å². The van der Waals surface area contributed by atoms with Crippen molar-refractivity contribution in [3.63, 3.8) is 0 Å². The Balaban J connectivity index is 2.26. The van der Waals surface area contributed by atoms with Gasteiger partial charge < -0.3 is 10.2 Å². The average Bonchev–Trinajstić information content (AvgIpc) is 2.53. The Hall–Kier alpha value is -2.48. The molecule has 23 heavy (non-hydrogen) atoms. The van der Waals surface area contributed by atoms with Crippen molar-refractivity contribution in [3.8, 4) is 11.5 Å². The topological polar surface area (TPSA) is 40.5 Å². The summed E-state index contributed by atoms with van der Waals surface area (Å²) in [6, 6.07) is 11.6. The number of benzene rings is 2. The number of phenols is 2. The lowest BCUT2D eigenvalue weighted by Crippen LogP contribution is -2.33. The van der Waals surface area contributed by atoms with Crippen LogP contribution < -0.4 is 0 Å². The molecule has 2 aromatic carbocycles. The van der Waals surface area contributed by atoms with E-state index in [0.29, 0.717) is 11.5 Å². The van der Waals surface area contributed by atoms with Crippen molar-refractivity contribution in [2.75, 3.05) is 0 Å². The monoisotopic (exact) mass is 306 g/mol. The lowest BCUT2D eigenvalue weighted by atomic mass is 9.64. The van der Waals surface area contributed by atoms with Gasteiger partial charge >= 0.3 is 0 Å².